The number of hydrogen-bond acceptors (Lipinski definition) is 3. The molecule has 3 atom stereocenters. The first kappa shape index (κ1) is 19.0. The summed E-state index contributed by atoms with van der Waals surface area (Å²) in [6.07, 6.45) is 5.41. The zero-order valence-corrected chi connectivity index (χ0v) is 16.0. The number of rotatable bonds is 6. The summed E-state index contributed by atoms with van der Waals surface area (Å²) in [6, 6.07) is 0.750. The maximum Gasteiger partial charge on any atom is 0.191 e. The molecule has 2 aliphatic rings. The lowest BCUT2D eigenvalue weighted by Crippen LogP contribution is -2.69. The molecule has 21 heavy (non-hydrogen) atoms. The third-order valence-electron chi connectivity index (χ3n) is 4.77. The van der Waals surface area contributed by atoms with Crippen LogP contribution in [-0.4, -0.2) is 51.5 Å². The van der Waals surface area contributed by atoms with E-state index in [9.17, 15) is 0 Å². The molecule has 6 heteroatoms. The molecule has 2 N–H and O–H groups in total. The molecular formula is C15H30IN3O2. The van der Waals surface area contributed by atoms with Crippen molar-refractivity contribution >= 4 is 29.9 Å². The highest BCUT2D eigenvalue weighted by Gasteiger charge is 2.59. The number of hydrogen-bond donors (Lipinski definition) is 2. The van der Waals surface area contributed by atoms with Crippen LogP contribution in [0.15, 0.2) is 4.99 Å². The highest BCUT2D eigenvalue weighted by molar-refractivity contribution is 14.0. The Morgan fingerprint density at radius 3 is 2.62 bits per heavy atom. The Bertz CT molecular complexity index is 348. The van der Waals surface area contributed by atoms with Crippen LogP contribution in [0.5, 0.6) is 0 Å². The van der Waals surface area contributed by atoms with Gasteiger partial charge in [-0.1, -0.05) is 6.42 Å². The van der Waals surface area contributed by atoms with Crippen molar-refractivity contribution < 1.29 is 9.47 Å². The molecule has 0 bridgehead atoms. The molecule has 1 spiro atoms. The Labute approximate surface area is 145 Å². The van der Waals surface area contributed by atoms with E-state index < -0.39 is 0 Å². The van der Waals surface area contributed by atoms with Crippen molar-refractivity contribution in [2.75, 3.05) is 27.4 Å². The molecule has 0 amide bonds. The second-order valence-corrected chi connectivity index (χ2v) is 6.04. The molecule has 0 saturated heterocycles. The smallest absolute Gasteiger partial charge is 0.191 e. The standard InChI is InChI=1S/C15H29N3O2.HI/c1-5-20-13-9-12(15(13)7-6-8-15)18-14(16-3)17-11(2)10-19-4;/h11-13H,5-10H2,1-4H3,(H2,16,17,18);1H. The lowest BCUT2D eigenvalue weighted by molar-refractivity contribution is -0.168. The Morgan fingerprint density at radius 1 is 1.43 bits per heavy atom. The molecule has 124 valence electrons. The number of nitrogens with zero attached hydrogens (tertiary/aromatic N) is 1. The summed E-state index contributed by atoms with van der Waals surface area (Å²) in [7, 11) is 3.54. The van der Waals surface area contributed by atoms with Gasteiger partial charge in [0.1, 0.15) is 0 Å². The van der Waals surface area contributed by atoms with Gasteiger partial charge in [-0.3, -0.25) is 4.99 Å². The van der Waals surface area contributed by atoms with Crippen LogP contribution in [-0.2, 0) is 9.47 Å². The van der Waals surface area contributed by atoms with Gasteiger partial charge in [-0.15, -0.1) is 24.0 Å². The molecule has 5 nitrogen and oxygen atoms in total. The Balaban J connectivity index is 0.00000220. The minimum atomic E-state index is 0. The van der Waals surface area contributed by atoms with Gasteiger partial charge in [0.05, 0.1) is 12.7 Å². The summed E-state index contributed by atoms with van der Waals surface area (Å²) in [6.45, 7) is 5.67. The highest BCUT2D eigenvalue weighted by Crippen LogP contribution is 2.57. The van der Waals surface area contributed by atoms with E-state index in [0.717, 1.165) is 19.0 Å². The third kappa shape index (κ3) is 4.01. The second kappa shape index (κ2) is 8.53. The summed E-state index contributed by atoms with van der Waals surface area (Å²) in [5.41, 5.74) is 0.359. The van der Waals surface area contributed by atoms with Crippen LogP contribution >= 0.6 is 24.0 Å². The normalized spacial score (nSPS) is 28.1. The first-order valence-corrected chi connectivity index (χ1v) is 7.76. The molecule has 2 saturated carbocycles. The van der Waals surface area contributed by atoms with Gasteiger partial charge in [0.15, 0.2) is 5.96 Å². The average molecular weight is 411 g/mol. The summed E-state index contributed by atoms with van der Waals surface area (Å²) in [5.74, 6) is 0.876. The number of ether oxygens (including phenoxy) is 2. The largest absolute Gasteiger partial charge is 0.383 e. The minimum Gasteiger partial charge on any atom is -0.383 e. The molecule has 0 aromatic heterocycles. The van der Waals surface area contributed by atoms with E-state index in [0.29, 0.717) is 24.2 Å². The molecule has 0 aliphatic heterocycles. The molecule has 0 aromatic carbocycles. The maximum atomic E-state index is 5.88. The predicted octanol–water partition coefficient (Wildman–Crippen LogP) is 2.15. The zero-order chi connectivity index (χ0) is 14.6. The highest BCUT2D eigenvalue weighted by atomic mass is 127. The van der Waals surface area contributed by atoms with E-state index in [-0.39, 0.29) is 30.0 Å². The van der Waals surface area contributed by atoms with E-state index in [1.165, 1.54) is 19.3 Å². The second-order valence-electron chi connectivity index (χ2n) is 6.04. The Kier molecular flexibility index (Phi) is 7.70. The quantitative estimate of drug-likeness (QED) is 0.400. The van der Waals surface area contributed by atoms with E-state index in [1.807, 2.05) is 7.05 Å². The van der Waals surface area contributed by atoms with Crippen molar-refractivity contribution in [3.05, 3.63) is 0 Å². The van der Waals surface area contributed by atoms with Gasteiger partial charge in [0.25, 0.3) is 0 Å². The fourth-order valence-corrected chi connectivity index (χ4v) is 3.50. The van der Waals surface area contributed by atoms with Gasteiger partial charge < -0.3 is 20.1 Å². The van der Waals surface area contributed by atoms with Crippen LogP contribution in [0.3, 0.4) is 0 Å². The first-order chi connectivity index (χ1) is 9.66. The van der Waals surface area contributed by atoms with Crippen molar-refractivity contribution in [2.45, 2.75) is 57.7 Å². The van der Waals surface area contributed by atoms with E-state index in [4.69, 9.17) is 9.47 Å². The Morgan fingerprint density at radius 2 is 2.14 bits per heavy atom. The van der Waals surface area contributed by atoms with Gasteiger partial charge in [0, 0.05) is 38.3 Å². The summed E-state index contributed by atoms with van der Waals surface area (Å²) in [4.78, 5) is 4.33. The number of halogens is 1. The minimum absolute atomic E-state index is 0. The van der Waals surface area contributed by atoms with Crippen LogP contribution in [0.1, 0.15) is 39.5 Å². The van der Waals surface area contributed by atoms with Crippen molar-refractivity contribution in [2.24, 2.45) is 10.4 Å². The van der Waals surface area contributed by atoms with Crippen molar-refractivity contribution in [1.29, 1.82) is 0 Å². The summed E-state index contributed by atoms with van der Waals surface area (Å²) < 4.78 is 11.0. The summed E-state index contributed by atoms with van der Waals surface area (Å²) in [5, 5.41) is 6.95. The van der Waals surface area contributed by atoms with Gasteiger partial charge in [-0.2, -0.15) is 0 Å². The fourth-order valence-electron chi connectivity index (χ4n) is 3.50. The molecule has 3 unspecified atom stereocenters. The van der Waals surface area contributed by atoms with Gasteiger partial charge in [-0.25, -0.2) is 0 Å². The first-order valence-electron chi connectivity index (χ1n) is 7.76. The molecule has 2 rings (SSSR count). The molecular weight excluding hydrogens is 381 g/mol. The van der Waals surface area contributed by atoms with E-state index >= 15 is 0 Å². The average Bonchev–Trinajstić information content (AvgIpc) is 2.34. The summed E-state index contributed by atoms with van der Waals surface area (Å²) >= 11 is 0. The van der Waals surface area contributed by atoms with E-state index in [2.05, 4.69) is 29.5 Å². The molecule has 0 heterocycles. The fraction of sp³-hybridized carbons (Fsp3) is 0.933. The number of nitrogens with one attached hydrogen (secondary N) is 2. The lowest BCUT2D eigenvalue weighted by atomic mass is 9.51. The molecule has 0 aromatic rings. The van der Waals surface area contributed by atoms with Crippen molar-refractivity contribution in [3.8, 4) is 0 Å². The number of guanidine groups is 1. The van der Waals surface area contributed by atoms with Crippen LogP contribution in [0.4, 0.5) is 0 Å². The number of aliphatic imine (C=N–C) groups is 1. The van der Waals surface area contributed by atoms with Crippen molar-refractivity contribution in [1.82, 2.24) is 10.6 Å². The van der Waals surface area contributed by atoms with Gasteiger partial charge in [0.2, 0.25) is 0 Å². The van der Waals surface area contributed by atoms with Crippen LogP contribution in [0, 0.1) is 5.41 Å². The Hall–Kier alpha value is -0.0800. The molecule has 0 radical (unpaired) electrons. The van der Waals surface area contributed by atoms with Gasteiger partial charge in [-0.05, 0) is 33.1 Å². The topological polar surface area (TPSA) is 54.9 Å². The van der Waals surface area contributed by atoms with Crippen LogP contribution in [0.2, 0.25) is 0 Å². The zero-order valence-electron chi connectivity index (χ0n) is 13.6. The maximum absolute atomic E-state index is 5.88. The van der Waals surface area contributed by atoms with Crippen molar-refractivity contribution in [3.63, 3.8) is 0 Å². The molecule has 2 fully saturated rings. The van der Waals surface area contributed by atoms with E-state index in [1.54, 1.807) is 7.11 Å². The monoisotopic (exact) mass is 411 g/mol. The predicted molar refractivity (Wildman–Crippen MR) is 96.5 cm³/mol. The lowest BCUT2D eigenvalue weighted by Gasteiger charge is -2.61. The third-order valence-corrected chi connectivity index (χ3v) is 4.77. The van der Waals surface area contributed by atoms with Gasteiger partial charge >= 0.3 is 0 Å². The van der Waals surface area contributed by atoms with Crippen LogP contribution < -0.4 is 10.6 Å². The van der Waals surface area contributed by atoms with Crippen LogP contribution in [0.25, 0.3) is 0 Å². The number of methoxy groups -OCH3 is 1. The molecule has 2 aliphatic carbocycles. The SMILES string of the molecule is CCOC1CC(NC(=NC)NC(C)COC)C12CCC2.I.